The highest BCUT2D eigenvalue weighted by molar-refractivity contribution is 8.47. The normalized spacial score (nSPS) is 10.7. The lowest BCUT2D eigenvalue weighted by molar-refractivity contribution is 0.921. The summed E-state index contributed by atoms with van der Waals surface area (Å²) in [7, 11) is 0. The molecule has 0 saturated heterocycles. The lowest BCUT2D eigenvalue weighted by Crippen LogP contribution is -2.12. The Kier molecular flexibility index (Phi) is 4.65. The largest absolute Gasteiger partial charge is 0.197 e. The highest BCUT2D eigenvalue weighted by Gasteiger charge is 2.20. The van der Waals surface area contributed by atoms with Crippen molar-refractivity contribution < 1.29 is 0 Å². The van der Waals surface area contributed by atoms with E-state index in [1.165, 1.54) is 23.5 Å². The second-order valence-electron chi connectivity index (χ2n) is 3.39. The molecule has 0 radical (unpaired) electrons. The Morgan fingerprint density at radius 2 is 1.93 bits per heavy atom. The Morgan fingerprint density at radius 3 is 2.47 bits per heavy atom. The molecule has 0 aromatic heterocycles. The van der Waals surface area contributed by atoms with E-state index in [9.17, 15) is 0 Å². The van der Waals surface area contributed by atoms with Crippen molar-refractivity contribution in [2.24, 2.45) is 0 Å². The van der Waals surface area contributed by atoms with Crippen molar-refractivity contribution in [2.75, 3.05) is 0 Å². The average Bonchev–Trinajstić information content (AvgIpc) is 2.18. The molecule has 0 saturated carbocycles. The van der Waals surface area contributed by atoms with Crippen molar-refractivity contribution in [1.82, 2.24) is 0 Å². The van der Waals surface area contributed by atoms with Crippen LogP contribution in [0.25, 0.3) is 0 Å². The molecule has 15 heavy (non-hydrogen) atoms. The smallest absolute Gasteiger partial charge is 0.110 e. The van der Waals surface area contributed by atoms with Gasteiger partial charge < -0.3 is 0 Å². The van der Waals surface area contributed by atoms with E-state index in [1.54, 1.807) is 0 Å². The molecule has 78 valence electrons. The number of thioether (sulfide) groups is 2. The summed E-state index contributed by atoms with van der Waals surface area (Å²) < 4.78 is 0.339. The third-order valence-electron chi connectivity index (χ3n) is 1.55. The lowest BCUT2D eigenvalue weighted by Gasteiger charge is -2.14. The summed E-state index contributed by atoms with van der Waals surface area (Å²) in [5.41, 5.74) is 0. The number of rotatable bonds is 2. The van der Waals surface area contributed by atoms with Crippen LogP contribution in [0.3, 0.4) is 0 Å². The minimum Gasteiger partial charge on any atom is -0.197 e. The van der Waals surface area contributed by atoms with Gasteiger partial charge in [-0.25, -0.2) is 0 Å². The molecule has 0 spiro atoms. The average molecular weight is 253 g/mol. The molecule has 0 aliphatic rings. The van der Waals surface area contributed by atoms with Crippen molar-refractivity contribution in [3.63, 3.8) is 0 Å². The summed E-state index contributed by atoms with van der Waals surface area (Å²) >= 11 is 8.18. The molecule has 0 bridgehead atoms. The van der Waals surface area contributed by atoms with Gasteiger partial charge in [0.25, 0.3) is 0 Å². The van der Waals surface area contributed by atoms with Crippen LogP contribution >= 0.6 is 35.7 Å². The predicted molar refractivity (Wildman–Crippen MR) is 72.2 cm³/mol. The third-order valence-corrected chi connectivity index (χ3v) is 3.99. The fourth-order valence-electron chi connectivity index (χ4n) is 0.837. The van der Waals surface area contributed by atoms with E-state index in [2.05, 4.69) is 6.07 Å². The maximum atomic E-state index is 8.87. The van der Waals surface area contributed by atoms with Crippen molar-refractivity contribution >= 4 is 39.3 Å². The highest BCUT2D eigenvalue weighted by atomic mass is 32.2. The zero-order valence-corrected chi connectivity index (χ0v) is 11.0. The number of hydrogen-bond acceptors (Lipinski definition) is 4. The van der Waals surface area contributed by atoms with Gasteiger partial charge in [0.2, 0.25) is 0 Å². The number of nitrogens with zero attached hydrogens (tertiary/aromatic N) is 1. The van der Waals surface area contributed by atoms with E-state index >= 15 is 0 Å². The molecule has 0 aliphatic carbocycles. The topological polar surface area (TPSA) is 23.8 Å². The Morgan fingerprint density at radius 1 is 1.33 bits per heavy atom. The minimum absolute atomic E-state index is 0.446. The van der Waals surface area contributed by atoms with Crippen LogP contribution in [0.2, 0.25) is 0 Å². The summed E-state index contributed by atoms with van der Waals surface area (Å²) in [5.74, 6) is 0. The quantitative estimate of drug-likeness (QED) is 0.585. The maximum Gasteiger partial charge on any atom is 0.110 e. The summed E-state index contributed by atoms with van der Waals surface area (Å²) in [4.78, 5) is 1.11. The van der Waals surface area contributed by atoms with Crippen molar-refractivity contribution in [1.29, 1.82) is 5.26 Å². The van der Waals surface area contributed by atoms with E-state index in [-0.39, 0.29) is 0 Å². The number of thiocarbonyl (C=S) groups is 1. The molecule has 1 nitrogen and oxygen atoms in total. The van der Waals surface area contributed by atoms with Crippen LogP contribution in [0.4, 0.5) is 0 Å². The molecule has 0 amide bonds. The first kappa shape index (κ1) is 12.6. The molecule has 0 N–H and O–H groups in total. The van der Waals surface area contributed by atoms with Gasteiger partial charge in [-0.2, -0.15) is 5.26 Å². The van der Waals surface area contributed by atoms with Gasteiger partial charge in [-0.15, -0.1) is 0 Å². The van der Waals surface area contributed by atoms with Gasteiger partial charge in [-0.1, -0.05) is 53.9 Å². The molecule has 1 aromatic rings. The Balaban J connectivity index is 2.55. The molecule has 0 atom stereocenters. The maximum absolute atomic E-state index is 8.87. The molecule has 0 fully saturated rings. The van der Waals surface area contributed by atoms with Crippen LogP contribution in [-0.2, 0) is 0 Å². The monoisotopic (exact) mass is 253 g/mol. The zero-order valence-electron chi connectivity index (χ0n) is 8.56. The molecule has 1 aromatic carbocycles. The third kappa shape index (κ3) is 4.70. The van der Waals surface area contributed by atoms with E-state index in [1.807, 2.05) is 44.2 Å². The molecule has 0 heterocycles. The molecule has 0 aliphatic heterocycles. The van der Waals surface area contributed by atoms with Crippen LogP contribution in [0.15, 0.2) is 35.2 Å². The van der Waals surface area contributed by atoms with Crippen LogP contribution in [0.5, 0.6) is 0 Å². The first-order chi connectivity index (χ1) is 7.03. The predicted octanol–water partition coefficient (Wildman–Crippen LogP) is 4.10. The highest BCUT2D eigenvalue weighted by Crippen LogP contribution is 2.33. The standard InChI is InChI=1S/C11H11NS3/c1-11(2,8-12)15-10(13)14-9-6-4-3-5-7-9/h3-7H,1-2H3. The fraction of sp³-hybridized carbons (Fsp3) is 0.273. The molecule has 0 unspecified atom stereocenters. The SMILES string of the molecule is CC(C)(C#N)SC(=S)Sc1ccccc1. The summed E-state index contributed by atoms with van der Waals surface area (Å²) in [6.45, 7) is 3.74. The molecule has 1 rings (SSSR count). The van der Waals surface area contributed by atoms with Gasteiger partial charge in [0, 0.05) is 4.90 Å². The van der Waals surface area contributed by atoms with Gasteiger partial charge in [0.05, 0.1) is 6.07 Å². The van der Waals surface area contributed by atoms with E-state index in [4.69, 9.17) is 17.5 Å². The summed E-state index contributed by atoms with van der Waals surface area (Å²) in [6, 6.07) is 12.2. The molecule has 4 heteroatoms. The van der Waals surface area contributed by atoms with Crippen LogP contribution in [-0.4, -0.2) is 8.28 Å². The van der Waals surface area contributed by atoms with Crippen molar-refractivity contribution in [3.05, 3.63) is 30.3 Å². The second kappa shape index (κ2) is 5.55. The van der Waals surface area contributed by atoms with E-state index in [0.717, 1.165) is 8.42 Å². The van der Waals surface area contributed by atoms with Crippen molar-refractivity contribution in [3.8, 4) is 6.07 Å². The van der Waals surface area contributed by atoms with Crippen molar-refractivity contribution in [2.45, 2.75) is 23.5 Å². The van der Waals surface area contributed by atoms with Gasteiger partial charge in [-0.3, -0.25) is 0 Å². The van der Waals surface area contributed by atoms with Crippen LogP contribution in [0, 0.1) is 11.3 Å². The Labute approximate surface area is 104 Å². The Hall–Kier alpha value is -0.500. The van der Waals surface area contributed by atoms with Crippen LogP contribution < -0.4 is 0 Å². The van der Waals surface area contributed by atoms with Crippen LogP contribution in [0.1, 0.15) is 13.8 Å². The first-order valence-electron chi connectivity index (χ1n) is 4.40. The number of nitriles is 1. The summed E-state index contributed by atoms with van der Waals surface area (Å²) in [6.07, 6.45) is 0. The van der Waals surface area contributed by atoms with Gasteiger partial charge in [0.15, 0.2) is 0 Å². The first-order valence-corrected chi connectivity index (χ1v) is 6.45. The lowest BCUT2D eigenvalue weighted by atomic mass is 10.2. The van der Waals surface area contributed by atoms with E-state index in [0.29, 0.717) is 0 Å². The summed E-state index contributed by atoms with van der Waals surface area (Å²) in [5, 5.41) is 8.87. The fourth-order valence-corrected chi connectivity index (χ4v) is 3.78. The van der Waals surface area contributed by atoms with E-state index < -0.39 is 4.75 Å². The minimum atomic E-state index is -0.446. The Bertz CT molecular complexity index is 379. The van der Waals surface area contributed by atoms with Gasteiger partial charge in [-0.05, 0) is 26.0 Å². The molecular weight excluding hydrogens is 242 g/mol. The van der Waals surface area contributed by atoms with Gasteiger partial charge >= 0.3 is 0 Å². The molecular formula is C11H11NS3. The zero-order chi connectivity index (χ0) is 11.3. The van der Waals surface area contributed by atoms with Gasteiger partial charge in [0.1, 0.15) is 8.28 Å². The number of benzene rings is 1. The number of hydrogen-bond donors (Lipinski definition) is 0. The second-order valence-corrected chi connectivity index (χ2v) is 7.29.